The van der Waals surface area contributed by atoms with Gasteiger partial charge in [-0.05, 0) is 42.7 Å². The van der Waals surface area contributed by atoms with E-state index in [4.69, 9.17) is 9.47 Å². The van der Waals surface area contributed by atoms with Crippen LogP contribution in [0, 0.1) is 13.8 Å². The second-order valence-electron chi connectivity index (χ2n) is 5.25. The van der Waals surface area contributed by atoms with Crippen molar-refractivity contribution in [3.05, 3.63) is 58.1 Å². The Morgan fingerprint density at radius 2 is 1.50 bits per heavy atom. The van der Waals surface area contributed by atoms with Crippen molar-refractivity contribution in [1.29, 1.82) is 0 Å². The molecule has 0 saturated heterocycles. The van der Waals surface area contributed by atoms with Crippen LogP contribution in [0.2, 0.25) is 0 Å². The standard InChI is InChI=1S/C18H22O4/c1-12-5-4-6-13(2)17(12)11-22-18-14(9-19)7-16(21-3)8-15(18)10-20/h4-8,19-20H,9-11H2,1-3H3. The molecule has 0 heterocycles. The minimum atomic E-state index is -0.174. The van der Waals surface area contributed by atoms with E-state index in [1.807, 2.05) is 32.0 Å². The third-order valence-electron chi connectivity index (χ3n) is 3.80. The second kappa shape index (κ2) is 7.29. The molecule has 0 fully saturated rings. The van der Waals surface area contributed by atoms with Crippen LogP contribution in [-0.2, 0) is 19.8 Å². The van der Waals surface area contributed by atoms with E-state index in [1.165, 1.54) is 0 Å². The Balaban J connectivity index is 2.32. The summed E-state index contributed by atoms with van der Waals surface area (Å²) < 4.78 is 11.1. The van der Waals surface area contributed by atoms with Crippen LogP contribution in [-0.4, -0.2) is 17.3 Å². The first kappa shape index (κ1) is 16.3. The van der Waals surface area contributed by atoms with E-state index >= 15 is 0 Å². The SMILES string of the molecule is COc1cc(CO)c(OCc2c(C)cccc2C)c(CO)c1. The zero-order chi connectivity index (χ0) is 16.1. The lowest BCUT2D eigenvalue weighted by molar-refractivity contribution is 0.240. The first-order valence-electron chi connectivity index (χ1n) is 7.20. The largest absolute Gasteiger partial charge is 0.497 e. The fourth-order valence-corrected chi connectivity index (χ4v) is 2.48. The molecule has 4 heteroatoms. The number of hydrogen-bond acceptors (Lipinski definition) is 4. The van der Waals surface area contributed by atoms with Crippen molar-refractivity contribution in [2.45, 2.75) is 33.7 Å². The number of aryl methyl sites for hydroxylation is 2. The van der Waals surface area contributed by atoms with Crippen LogP contribution >= 0.6 is 0 Å². The highest BCUT2D eigenvalue weighted by molar-refractivity contribution is 5.47. The molecular weight excluding hydrogens is 280 g/mol. The molecule has 22 heavy (non-hydrogen) atoms. The van der Waals surface area contributed by atoms with Gasteiger partial charge in [-0.3, -0.25) is 0 Å². The molecule has 0 aromatic heterocycles. The third-order valence-corrected chi connectivity index (χ3v) is 3.80. The van der Waals surface area contributed by atoms with Crippen molar-refractivity contribution in [2.75, 3.05) is 7.11 Å². The van der Waals surface area contributed by atoms with E-state index in [0.717, 1.165) is 16.7 Å². The molecule has 0 unspecified atom stereocenters. The van der Waals surface area contributed by atoms with Gasteiger partial charge in [0.1, 0.15) is 18.1 Å². The lowest BCUT2D eigenvalue weighted by atomic mass is 10.0. The lowest BCUT2D eigenvalue weighted by Crippen LogP contribution is -2.05. The molecule has 0 aliphatic heterocycles. The second-order valence-corrected chi connectivity index (χ2v) is 5.25. The Morgan fingerprint density at radius 3 is 1.95 bits per heavy atom. The van der Waals surface area contributed by atoms with Crippen molar-refractivity contribution in [3.63, 3.8) is 0 Å². The van der Waals surface area contributed by atoms with E-state index in [9.17, 15) is 10.2 Å². The average Bonchev–Trinajstić information content (AvgIpc) is 2.53. The molecule has 0 amide bonds. The summed E-state index contributed by atoms with van der Waals surface area (Å²) in [5, 5.41) is 19.1. The van der Waals surface area contributed by atoms with Gasteiger partial charge in [-0.1, -0.05) is 18.2 Å². The van der Waals surface area contributed by atoms with E-state index in [0.29, 0.717) is 29.2 Å². The Labute approximate surface area is 130 Å². The van der Waals surface area contributed by atoms with Gasteiger partial charge in [0.05, 0.1) is 20.3 Å². The maximum absolute atomic E-state index is 9.55. The summed E-state index contributed by atoms with van der Waals surface area (Å²) in [7, 11) is 1.55. The van der Waals surface area contributed by atoms with Gasteiger partial charge in [0.2, 0.25) is 0 Å². The summed E-state index contributed by atoms with van der Waals surface area (Å²) in [5.41, 5.74) is 4.64. The number of benzene rings is 2. The van der Waals surface area contributed by atoms with Gasteiger partial charge in [0, 0.05) is 11.1 Å². The Kier molecular flexibility index (Phi) is 5.41. The van der Waals surface area contributed by atoms with Crippen LogP contribution in [0.15, 0.2) is 30.3 Å². The first-order chi connectivity index (χ1) is 10.6. The number of ether oxygens (including phenoxy) is 2. The summed E-state index contributed by atoms with van der Waals surface area (Å²) >= 11 is 0. The number of hydrogen-bond donors (Lipinski definition) is 2. The molecule has 2 N–H and O–H groups in total. The van der Waals surface area contributed by atoms with E-state index in [2.05, 4.69) is 0 Å². The molecule has 0 saturated carbocycles. The molecule has 2 rings (SSSR count). The normalized spacial score (nSPS) is 10.6. The van der Waals surface area contributed by atoms with E-state index in [-0.39, 0.29) is 13.2 Å². The Bertz CT molecular complexity index is 604. The van der Waals surface area contributed by atoms with Gasteiger partial charge in [-0.15, -0.1) is 0 Å². The van der Waals surface area contributed by atoms with Crippen LogP contribution in [0.3, 0.4) is 0 Å². The molecule has 0 spiro atoms. The van der Waals surface area contributed by atoms with Crippen LogP contribution in [0.1, 0.15) is 27.8 Å². The third kappa shape index (κ3) is 3.40. The van der Waals surface area contributed by atoms with Gasteiger partial charge >= 0.3 is 0 Å². The highest BCUT2D eigenvalue weighted by Gasteiger charge is 2.13. The fourth-order valence-electron chi connectivity index (χ4n) is 2.48. The Morgan fingerprint density at radius 1 is 0.955 bits per heavy atom. The molecule has 0 radical (unpaired) electrons. The molecule has 0 atom stereocenters. The maximum Gasteiger partial charge on any atom is 0.131 e. The van der Waals surface area contributed by atoms with Crippen LogP contribution in [0.4, 0.5) is 0 Å². The van der Waals surface area contributed by atoms with Gasteiger partial charge in [-0.2, -0.15) is 0 Å². The Hall–Kier alpha value is -2.04. The highest BCUT2D eigenvalue weighted by Crippen LogP contribution is 2.31. The van der Waals surface area contributed by atoms with Gasteiger partial charge in [0.25, 0.3) is 0 Å². The number of aliphatic hydroxyl groups excluding tert-OH is 2. The summed E-state index contributed by atoms with van der Waals surface area (Å²) in [6, 6.07) is 9.54. The maximum atomic E-state index is 9.55. The number of rotatable bonds is 6. The summed E-state index contributed by atoms with van der Waals surface area (Å²) in [4.78, 5) is 0. The van der Waals surface area contributed by atoms with Crippen LogP contribution in [0.25, 0.3) is 0 Å². The first-order valence-corrected chi connectivity index (χ1v) is 7.20. The van der Waals surface area contributed by atoms with Crippen LogP contribution < -0.4 is 9.47 Å². The zero-order valence-corrected chi connectivity index (χ0v) is 13.2. The lowest BCUT2D eigenvalue weighted by Gasteiger charge is -2.17. The highest BCUT2D eigenvalue weighted by atomic mass is 16.5. The molecule has 0 bridgehead atoms. The minimum Gasteiger partial charge on any atom is -0.497 e. The molecule has 2 aromatic carbocycles. The molecular formula is C18H22O4. The van der Waals surface area contributed by atoms with Crippen molar-refractivity contribution in [1.82, 2.24) is 0 Å². The minimum absolute atomic E-state index is 0.174. The topological polar surface area (TPSA) is 58.9 Å². The molecule has 118 valence electrons. The zero-order valence-electron chi connectivity index (χ0n) is 13.2. The summed E-state index contributed by atoms with van der Waals surface area (Å²) in [5.74, 6) is 1.11. The van der Waals surface area contributed by atoms with Crippen molar-refractivity contribution in [2.24, 2.45) is 0 Å². The molecule has 0 aliphatic rings. The fraction of sp³-hybridized carbons (Fsp3) is 0.333. The van der Waals surface area contributed by atoms with Crippen molar-refractivity contribution >= 4 is 0 Å². The summed E-state index contributed by atoms with van der Waals surface area (Å²) in [6.45, 7) is 4.13. The number of methoxy groups -OCH3 is 1. The van der Waals surface area contributed by atoms with Crippen molar-refractivity contribution < 1.29 is 19.7 Å². The van der Waals surface area contributed by atoms with Crippen molar-refractivity contribution in [3.8, 4) is 11.5 Å². The predicted octanol–water partition coefficient (Wildman–Crippen LogP) is 2.88. The summed E-state index contributed by atoms with van der Waals surface area (Å²) in [6.07, 6.45) is 0. The average molecular weight is 302 g/mol. The molecule has 0 aliphatic carbocycles. The molecule has 2 aromatic rings. The van der Waals surface area contributed by atoms with Gasteiger partial charge in [0.15, 0.2) is 0 Å². The van der Waals surface area contributed by atoms with Gasteiger partial charge in [-0.25, -0.2) is 0 Å². The smallest absolute Gasteiger partial charge is 0.131 e. The van der Waals surface area contributed by atoms with E-state index in [1.54, 1.807) is 19.2 Å². The van der Waals surface area contributed by atoms with Gasteiger partial charge < -0.3 is 19.7 Å². The monoisotopic (exact) mass is 302 g/mol. The quantitative estimate of drug-likeness (QED) is 0.861. The number of aliphatic hydroxyl groups is 2. The molecule has 4 nitrogen and oxygen atoms in total. The van der Waals surface area contributed by atoms with E-state index < -0.39 is 0 Å². The van der Waals surface area contributed by atoms with Crippen LogP contribution in [0.5, 0.6) is 11.5 Å². The predicted molar refractivity (Wildman–Crippen MR) is 85.1 cm³/mol.